The number of amides is 1. The van der Waals surface area contributed by atoms with E-state index in [0.29, 0.717) is 17.1 Å². The molecule has 1 aromatic carbocycles. The molecule has 0 aliphatic rings. The lowest BCUT2D eigenvalue weighted by Gasteiger charge is -2.16. The molecular weight excluding hydrogens is 381 g/mol. The number of halogens is 1. The van der Waals surface area contributed by atoms with Crippen molar-refractivity contribution in [2.45, 2.75) is 26.1 Å². The Morgan fingerprint density at radius 3 is 2.86 bits per heavy atom. The highest BCUT2D eigenvalue weighted by molar-refractivity contribution is 7.16. The van der Waals surface area contributed by atoms with Crippen molar-refractivity contribution < 1.29 is 14.3 Å². The molecule has 1 atom stereocenters. The van der Waals surface area contributed by atoms with Gasteiger partial charge in [-0.05, 0) is 32.0 Å². The molecule has 3 rings (SSSR count). The number of anilines is 3. The summed E-state index contributed by atoms with van der Waals surface area (Å²) in [6, 6.07) is 7.65. The predicted molar refractivity (Wildman–Crippen MR) is 110 cm³/mol. The third-order valence-corrected chi connectivity index (χ3v) is 4.67. The highest BCUT2D eigenvalue weighted by Gasteiger charge is 2.16. The number of rotatable bonds is 8. The number of alkyl halides is 1. The van der Waals surface area contributed by atoms with E-state index >= 15 is 0 Å². The number of pyridine rings is 1. The Morgan fingerprint density at radius 1 is 1.29 bits per heavy atom. The lowest BCUT2D eigenvalue weighted by atomic mass is 10.2. The van der Waals surface area contributed by atoms with E-state index in [4.69, 9.17) is 5.11 Å². The van der Waals surface area contributed by atoms with E-state index in [1.807, 2.05) is 32.0 Å². The number of nitrogens with one attached hydrogen (secondary N) is 3. The molecule has 28 heavy (non-hydrogen) atoms. The van der Waals surface area contributed by atoms with E-state index in [0.717, 1.165) is 15.9 Å². The fraction of sp³-hybridized carbons (Fsp3) is 0.316. The maximum atomic E-state index is 13.2. The van der Waals surface area contributed by atoms with Crippen molar-refractivity contribution in [2.24, 2.45) is 0 Å². The Morgan fingerprint density at radius 2 is 2.11 bits per heavy atom. The molecule has 0 spiro atoms. The van der Waals surface area contributed by atoms with E-state index < -0.39 is 18.7 Å². The van der Waals surface area contributed by atoms with E-state index in [-0.39, 0.29) is 12.6 Å². The van der Waals surface area contributed by atoms with Gasteiger partial charge >= 0.3 is 0 Å². The van der Waals surface area contributed by atoms with Crippen LogP contribution in [-0.2, 0) is 0 Å². The number of aliphatic hydroxyl groups excluding tert-OH is 1. The maximum absolute atomic E-state index is 13.2. The molecular formula is C19H22FN5O2S. The lowest BCUT2D eigenvalue weighted by molar-refractivity contribution is 0.0928. The first-order valence-corrected chi connectivity index (χ1v) is 9.74. The molecule has 0 aliphatic carbocycles. The summed E-state index contributed by atoms with van der Waals surface area (Å²) in [5, 5.41) is 17.7. The molecule has 0 saturated heterocycles. The van der Waals surface area contributed by atoms with Gasteiger partial charge in [-0.15, -0.1) is 11.3 Å². The molecule has 148 valence electrons. The average molecular weight is 403 g/mol. The molecule has 7 nitrogen and oxygen atoms in total. The van der Waals surface area contributed by atoms with Gasteiger partial charge in [0.05, 0.1) is 40.1 Å². The monoisotopic (exact) mass is 403 g/mol. The molecule has 0 aliphatic heterocycles. The van der Waals surface area contributed by atoms with Gasteiger partial charge in [-0.2, -0.15) is 0 Å². The molecule has 2 heterocycles. The Balaban J connectivity index is 1.81. The van der Waals surface area contributed by atoms with Gasteiger partial charge in [-0.1, -0.05) is 0 Å². The van der Waals surface area contributed by atoms with Crippen LogP contribution in [0.5, 0.6) is 0 Å². The van der Waals surface area contributed by atoms with Crippen LogP contribution in [0.1, 0.15) is 24.2 Å². The standard InChI is InChI=1S/C19H22FN5O2S/c1-11(2)24-16-6-18(21-8-14(16)19(27)22-7-12(20)9-26)25-13-3-4-15-17(5-13)28-10-23-15/h3-6,8,10-12,26H,7,9H2,1-2H3,(H,22,27)(H2,21,24,25). The summed E-state index contributed by atoms with van der Waals surface area (Å²) >= 11 is 1.55. The average Bonchev–Trinajstić information content (AvgIpc) is 3.13. The summed E-state index contributed by atoms with van der Waals surface area (Å²) in [5.74, 6) is 0.117. The van der Waals surface area contributed by atoms with Gasteiger partial charge in [0.2, 0.25) is 0 Å². The number of aromatic nitrogens is 2. The first kappa shape index (κ1) is 20.0. The summed E-state index contributed by atoms with van der Waals surface area (Å²) in [7, 11) is 0. The Kier molecular flexibility index (Phi) is 6.37. The fourth-order valence-corrected chi connectivity index (χ4v) is 3.30. The van der Waals surface area contributed by atoms with Gasteiger partial charge in [-0.25, -0.2) is 14.4 Å². The summed E-state index contributed by atoms with van der Waals surface area (Å²) in [4.78, 5) is 21.0. The van der Waals surface area contributed by atoms with Crippen LogP contribution in [0.4, 0.5) is 21.6 Å². The van der Waals surface area contributed by atoms with Gasteiger partial charge in [0, 0.05) is 24.0 Å². The number of fused-ring (bicyclic) bond motifs is 1. The third kappa shape index (κ3) is 4.93. The van der Waals surface area contributed by atoms with Gasteiger partial charge < -0.3 is 21.1 Å². The minimum Gasteiger partial charge on any atom is -0.393 e. The van der Waals surface area contributed by atoms with Crippen LogP contribution in [0.15, 0.2) is 36.0 Å². The number of nitrogens with zero attached hydrogens (tertiary/aromatic N) is 2. The molecule has 0 fully saturated rings. The molecule has 1 amide bonds. The minimum atomic E-state index is -1.50. The van der Waals surface area contributed by atoms with Crippen LogP contribution in [-0.4, -0.2) is 46.3 Å². The molecule has 0 saturated carbocycles. The topological polar surface area (TPSA) is 99.2 Å². The second kappa shape index (κ2) is 8.94. The van der Waals surface area contributed by atoms with Crippen molar-refractivity contribution in [3.8, 4) is 0 Å². The molecule has 1 unspecified atom stereocenters. The largest absolute Gasteiger partial charge is 0.393 e. The number of carbonyl (C=O) groups excluding carboxylic acids is 1. The van der Waals surface area contributed by atoms with Crippen molar-refractivity contribution in [2.75, 3.05) is 23.8 Å². The quantitative estimate of drug-likeness (QED) is 0.461. The molecule has 2 aromatic heterocycles. The summed E-state index contributed by atoms with van der Waals surface area (Å²) in [6.07, 6.45) is -0.0548. The predicted octanol–water partition coefficient (Wildman–Crippen LogP) is 3.32. The van der Waals surface area contributed by atoms with E-state index in [9.17, 15) is 9.18 Å². The Hall–Kier alpha value is -2.78. The summed E-state index contributed by atoms with van der Waals surface area (Å²) < 4.78 is 14.3. The van der Waals surface area contributed by atoms with Gasteiger partial charge in [0.15, 0.2) is 0 Å². The normalized spacial score (nSPS) is 12.2. The van der Waals surface area contributed by atoms with Crippen molar-refractivity contribution >= 4 is 44.7 Å². The van der Waals surface area contributed by atoms with Crippen molar-refractivity contribution in [3.05, 3.63) is 41.5 Å². The van der Waals surface area contributed by atoms with Crippen LogP contribution in [0.25, 0.3) is 10.2 Å². The highest BCUT2D eigenvalue weighted by atomic mass is 32.1. The zero-order valence-electron chi connectivity index (χ0n) is 15.6. The zero-order chi connectivity index (χ0) is 20.1. The summed E-state index contributed by atoms with van der Waals surface area (Å²) in [5.41, 5.74) is 4.49. The third-order valence-electron chi connectivity index (χ3n) is 3.88. The van der Waals surface area contributed by atoms with Crippen LogP contribution in [0.2, 0.25) is 0 Å². The number of aliphatic hydroxyl groups is 1. The van der Waals surface area contributed by atoms with E-state index in [1.165, 1.54) is 6.20 Å². The first-order valence-electron chi connectivity index (χ1n) is 8.86. The van der Waals surface area contributed by atoms with Crippen LogP contribution in [0.3, 0.4) is 0 Å². The van der Waals surface area contributed by atoms with E-state index in [1.54, 1.807) is 22.9 Å². The van der Waals surface area contributed by atoms with Gasteiger partial charge in [0.25, 0.3) is 5.91 Å². The zero-order valence-corrected chi connectivity index (χ0v) is 16.4. The van der Waals surface area contributed by atoms with Crippen LogP contribution in [0, 0.1) is 0 Å². The van der Waals surface area contributed by atoms with Gasteiger partial charge in [0.1, 0.15) is 12.0 Å². The van der Waals surface area contributed by atoms with Crippen LogP contribution < -0.4 is 16.0 Å². The smallest absolute Gasteiger partial charge is 0.255 e. The molecule has 0 radical (unpaired) electrons. The molecule has 3 aromatic rings. The first-order chi connectivity index (χ1) is 13.5. The van der Waals surface area contributed by atoms with Crippen molar-refractivity contribution in [3.63, 3.8) is 0 Å². The number of hydrogen-bond donors (Lipinski definition) is 4. The Bertz CT molecular complexity index is 962. The lowest BCUT2D eigenvalue weighted by Crippen LogP contribution is -2.32. The second-order valence-corrected chi connectivity index (χ2v) is 7.45. The van der Waals surface area contributed by atoms with Crippen molar-refractivity contribution in [1.82, 2.24) is 15.3 Å². The van der Waals surface area contributed by atoms with Crippen molar-refractivity contribution in [1.29, 1.82) is 0 Å². The molecule has 0 bridgehead atoms. The van der Waals surface area contributed by atoms with Gasteiger partial charge in [-0.3, -0.25) is 4.79 Å². The molecule has 4 N–H and O–H groups in total. The second-order valence-electron chi connectivity index (χ2n) is 6.56. The fourth-order valence-electron chi connectivity index (χ4n) is 2.58. The highest BCUT2D eigenvalue weighted by Crippen LogP contribution is 2.26. The number of thiazole rings is 1. The minimum absolute atomic E-state index is 0.0849. The van der Waals surface area contributed by atoms with E-state index in [2.05, 4.69) is 25.9 Å². The number of hydrogen-bond acceptors (Lipinski definition) is 7. The van der Waals surface area contributed by atoms with Crippen LogP contribution >= 0.6 is 11.3 Å². The summed E-state index contributed by atoms with van der Waals surface area (Å²) in [6.45, 7) is 3.01. The molecule has 9 heteroatoms. The Labute approximate surface area is 166 Å². The number of carbonyl (C=O) groups is 1. The number of benzene rings is 1. The maximum Gasteiger partial charge on any atom is 0.255 e. The SMILES string of the molecule is CC(C)Nc1cc(Nc2ccc3ncsc3c2)ncc1C(=O)NCC(F)CO.